The number of thiophene rings is 1. The van der Waals surface area contributed by atoms with Gasteiger partial charge < -0.3 is 29.7 Å². The normalized spacial score (nSPS) is 20.8. The fraction of sp³-hybridized carbons (Fsp3) is 0.400. The predicted octanol–water partition coefficient (Wildman–Crippen LogP) is 4.99. The Labute approximate surface area is 287 Å². The number of methoxy groups -OCH3 is 2. The molecule has 2 N–H and O–H groups in total. The Morgan fingerprint density at radius 1 is 1.31 bits per heavy atom. The Kier molecular flexibility index (Phi) is 9.68. The largest absolute Gasteiger partial charge is 0.462 e. The zero-order chi connectivity index (χ0) is 35.0. The third-order valence-corrected chi connectivity index (χ3v) is 10.7. The number of nitrogens with zero attached hydrogens (tertiary/aromatic N) is 7. The Balaban J connectivity index is 1.50. The number of rotatable bonds is 10. The van der Waals surface area contributed by atoms with Gasteiger partial charge >= 0.3 is 6.01 Å². The highest BCUT2D eigenvalue weighted by Gasteiger charge is 2.40. The van der Waals surface area contributed by atoms with Crippen molar-refractivity contribution in [3.8, 4) is 23.2 Å². The average Bonchev–Trinajstić information content (AvgIpc) is 3.80. The summed E-state index contributed by atoms with van der Waals surface area (Å²) in [6.45, 7) is 13.3. The van der Waals surface area contributed by atoms with Crippen LogP contribution in [0.2, 0.25) is 0 Å². The number of carbonyl (C=O) groups excluding carboxylic acids is 1. The number of benzene rings is 2. The van der Waals surface area contributed by atoms with Crippen LogP contribution in [-0.2, 0) is 14.3 Å². The number of likely N-dealkylation sites (N-methyl/N-ethyl adjacent to an activating group) is 2. The molecule has 6 rings (SSSR count). The molecule has 4 heterocycles. The molecule has 254 valence electrons. The van der Waals surface area contributed by atoms with E-state index in [9.17, 15) is 14.4 Å². The van der Waals surface area contributed by atoms with Crippen molar-refractivity contribution in [3.05, 3.63) is 59.7 Å². The first kappa shape index (κ1) is 34.0. The Bertz CT molecular complexity index is 2020. The maximum Gasteiger partial charge on any atom is 0.319 e. The summed E-state index contributed by atoms with van der Waals surface area (Å²) >= 11 is 1.00. The molecule has 2 saturated heterocycles. The number of nitrogens with two attached hydrogens (primary N) is 1. The van der Waals surface area contributed by atoms with E-state index in [1.54, 1.807) is 37.3 Å². The lowest BCUT2D eigenvalue weighted by molar-refractivity contribution is -0.127. The number of nitrogen functional groups attached to an aromatic ring is 1. The van der Waals surface area contributed by atoms with Crippen LogP contribution < -0.4 is 15.4 Å². The summed E-state index contributed by atoms with van der Waals surface area (Å²) in [6, 6.07) is 8.40. The van der Waals surface area contributed by atoms with Crippen molar-refractivity contribution in [1.29, 1.82) is 5.26 Å². The second-order valence-electron chi connectivity index (χ2n) is 12.3. The molecule has 0 spiro atoms. The van der Waals surface area contributed by atoms with E-state index >= 15 is 0 Å². The molecule has 0 aliphatic carbocycles. The van der Waals surface area contributed by atoms with E-state index in [-0.39, 0.29) is 57.1 Å². The molecule has 49 heavy (non-hydrogen) atoms. The quantitative estimate of drug-likeness (QED) is 0.180. The fourth-order valence-corrected chi connectivity index (χ4v) is 8.01. The zero-order valence-corrected chi connectivity index (χ0v) is 28.6. The van der Waals surface area contributed by atoms with Crippen LogP contribution in [-0.4, -0.2) is 105 Å². The first-order chi connectivity index (χ1) is 23.6. The molecule has 0 radical (unpaired) electrons. The molecule has 2 aromatic heterocycles. The van der Waals surface area contributed by atoms with E-state index in [1.165, 1.54) is 12.1 Å². The van der Waals surface area contributed by atoms with E-state index < -0.39 is 5.82 Å². The van der Waals surface area contributed by atoms with Crippen LogP contribution in [0.5, 0.6) is 6.01 Å². The van der Waals surface area contributed by atoms with Gasteiger partial charge in [-0.05, 0) is 49.7 Å². The second kappa shape index (κ2) is 13.9. The zero-order valence-electron chi connectivity index (χ0n) is 27.8. The van der Waals surface area contributed by atoms with Gasteiger partial charge in [-0.3, -0.25) is 9.69 Å². The predicted molar refractivity (Wildman–Crippen MR) is 187 cm³/mol. The standard InChI is InChI=1S/C35H37FN8O4S/c1-7-29(45)44-11-10-27(28(44)18-46-5)43(4)34-24-12-19(15-37)23(22-8-9-25(36)32-30(22)31(39-2)33(38)49-32)14-26(24)40-35(41-34)48-17-20-13-21(47-6)16-42(20)3/h7-9,12,14,20-21,27-28H,1,10-11,13,16-18,38H2,3-6H3. The van der Waals surface area contributed by atoms with Crippen LogP contribution in [0.1, 0.15) is 18.4 Å². The average molecular weight is 685 g/mol. The highest BCUT2D eigenvalue weighted by atomic mass is 32.1. The molecule has 2 aromatic carbocycles. The van der Waals surface area contributed by atoms with Crippen molar-refractivity contribution < 1.29 is 23.4 Å². The molecular formula is C35H37FN8O4S. The van der Waals surface area contributed by atoms with Crippen molar-refractivity contribution >= 4 is 54.7 Å². The number of anilines is 2. The minimum atomic E-state index is -0.495. The van der Waals surface area contributed by atoms with E-state index in [2.05, 4.69) is 22.4 Å². The van der Waals surface area contributed by atoms with E-state index in [0.717, 1.165) is 24.3 Å². The lowest BCUT2D eigenvalue weighted by Crippen LogP contribution is -2.48. The Hall–Kier alpha value is -4.86. The summed E-state index contributed by atoms with van der Waals surface area (Å²) < 4.78 is 32.6. The van der Waals surface area contributed by atoms with E-state index in [1.807, 2.05) is 19.0 Å². The number of hydrogen-bond acceptors (Lipinski definition) is 11. The fourth-order valence-electron chi connectivity index (χ4n) is 7.07. The smallest absolute Gasteiger partial charge is 0.319 e. The molecule has 2 aliphatic rings. The van der Waals surface area contributed by atoms with Gasteiger partial charge in [-0.1, -0.05) is 12.6 Å². The Morgan fingerprint density at radius 3 is 2.78 bits per heavy atom. The van der Waals surface area contributed by atoms with Gasteiger partial charge in [0.25, 0.3) is 0 Å². The van der Waals surface area contributed by atoms with Crippen LogP contribution in [0, 0.1) is 23.7 Å². The van der Waals surface area contributed by atoms with Gasteiger partial charge in [-0.25, -0.2) is 9.24 Å². The number of likely N-dealkylation sites (tertiary alicyclic amines) is 2. The molecule has 4 unspecified atom stereocenters. The number of amides is 1. The van der Waals surface area contributed by atoms with Crippen molar-refractivity contribution in [1.82, 2.24) is 19.8 Å². The van der Waals surface area contributed by atoms with Gasteiger partial charge in [0, 0.05) is 56.7 Å². The topological polar surface area (TPSA) is 134 Å². The van der Waals surface area contributed by atoms with Crippen LogP contribution in [0.15, 0.2) is 36.9 Å². The van der Waals surface area contributed by atoms with Crippen LogP contribution in [0.4, 0.5) is 20.9 Å². The molecule has 1 amide bonds. The van der Waals surface area contributed by atoms with Crippen LogP contribution in [0.25, 0.3) is 37.0 Å². The summed E-state index contributed by atoms with van der Waals surface area (Å²) in [5.41, 5.74) is 8.02. The lowest BCUT2D eigenvalue weighted by atomic mass is 9.95. The molecular weight excluding hydrogens is 648 g/mol. The van der Waals surface area contributed by atoms with Gasteiger partial charge in [0.15, 0.2) is 0 Å². The lowest BCUT2D eigenvalue weighted by Gasteiger charge is -2.33. The minimum Gasteiger partial charge on any atom is -0.462 e. The highest BCUT2D eigenvalue weighted by Crippen LogP contribution is 2.47. The number of hydrogen-bond donors (Lipinski definition) is 1. The third kappa shape index (κ3) is 6.13. The monoisotopic (exact) mass is 684 g/mol. The number of fused-ring (bicyclic) bond motifs is 2. The number of halogens is 1. The third-order valence-electron chi connectivity index (χ3n) is 9.63. The Morgan fingerprint density at radius 2 is 2.10 bits per heavy atom. The second-order valence-corrected chi connectivity index (χ2v) is 13.4. The maximum atomic E-state index is 15.0. The first-order valence-electron chi connectivity index (χ1n) is 15.8. The van der Waals surface area contributed by atoms with E-state index in [4.69, 9.17) is 36.5 Å². The summed E-state index contributed by atoms with van der Waals surface area (Å²) in [5.74, 6) is -0.160. The van der Waals surface area contributed by atoms with Gasteiger partial charge in [-0.2, -0.15) is 15.2 Å². The maximum absolute atomic E-state index is 15.0. The van der Waals surface area contributed by atoms with Gasteiger partial charge in [0.2, 0.25) is 11.6 Å². The summed E-state index contributed by atoms with van der Waals surface area (Å²) in [4.78, 5) is 32.0. The van der Waals surface area contributed by atoms with Gasteiger partial charge in [0.1, 0.15) is 18.2 Å². The minimum absolute atomic E-state index is 0.0879. The number of aromatic nitrogens is 2. The highest BCUT2D eigenvalue weighted by molar-refractivity contribution is 7.23. The molecule has 2 aliphatic heterocycles. The van der Waals surface area contributed by atoms with Gasteiger partial charge in [-0.15, -0.1) is 11.3 Å². The number of carbonyl (C=O) groups is 1. The first-order valence-corrected chi connectivity index (χ1v) is 16.6. The number of ether oxygens (including phenoxy) is 3. The van der Waals surface area contributed by atoms with Crippen LogP contribution >= 0.6 is 11.3 Å². The number of nitriles is 1. The van der Waals surface area contributed by atoms with Crippen molar-refractivity contribution in [2.24, 2.45) is 0 Å². The summed E-state index contributed by atoms with van der Waals surface area (Å²) in [5, 5.41) is 11.6. The molecule has 0 saturated carbocycles. The molecule has 12 nitrogen and oxygen atoms in total. The molecule has 2 fully saturated rings. The molecule has 14 heteroatoms. The molecule has 4 aromatic rings. The molecule has 4 atom stereocenters. The summed E-state index contributed by atoms with van der Waals surface area (Å²) in [7, 11) is 7.22. The van der Waals surface area contributed by atoms with E-state index in [0.29, 0.717) is 59.4 Å². The summed E-state index contributed by atoms with van der Waals surface area (Å²) in [6.07, 6.45) is 2.85. The van der Waals surface area contributed by atoms with Gasteiger partial charge in [0.05, 0.1) is 58.2 Å². The SMILES string of the molecule is [C-]#[N+]c1c(N)sc2c(F)ccc(-c3cc4nc(OCC5CC(OC)CN5C)nc(N(C)C5CCN(C(=O)C=C)C5COC)c4cc3C#N)c12. The van der Waals surface area contributed by atoms with Crippen molar-refractivity contribution in [2.45, 2.75) is 37.1 Å². The molecule has 0 bridgehead atoms. The van der Waals surface area contributed by atoms with Crippen molar-refractivity contribution in [2.75, 3.05) is 65.3 Å². The van der Waals surface area contributed by atoms with Crippen LogP contribution in [0.3, 0.4) is 0 Å². The van der Waals surface area contributed by atoms with Crippen molar-refractivity contribution in [3.63, 3.8) is 0 Å².